The van der Waals surface area contributed by atoms with Crippen molar-refractivity contribution in [2.45, 2.75) is 25.4 Å². The van der Waals surface area contributed by atoms with Crippen LogP contribution < -0.4 is 21.5 Å². The molecule has 4 rings (SSSR count). The summed E-state index contributed by atoms with van der Waals surface area (Å²) >= 11 is 0. The van der Waals surface area contributed by atoms with E-state index < -0.39 is 0 Å². The van der Waals surface area contributed by atoms with E-state index in [0.29, 0.717) is 36.8 Å². The third kappa shape index (κ3) is 4.03. The average Bonchev–Trinajstić information content (AvgIpc) is 3.10. The Morgan fingerprint density at radius 1 is 1.27 bits per heavy atom. The maximum atomic E-state index is 13.3. The van der Waals surface area contributed by atoms with Gasteiger partial charge in [-0.2, -0.15) is 9.97 Å². The molecule has 0 amide bonds. The van der Waals surface area contributed by atoms with Crippen molar-refractivity contribution in [2.75, 3.05) is 43.6 Å². The van der Waals surface area contributed by atoms with Crippen LogP contribution in [0.15, 0.2) is 35.1 Å². The Kier molecular flexibility index (Phi) is 6.01. The number of fused-ring (bicyclic) bond motifs is 1. The lowest BCUT2D eigenvalue weighted by atomic mass is 10.1. The molecule has 2 aromatic heterocycles. The predicted octanol–water partition coefficient (Wildman–Crippen LogP) is 1.16. The van der Waals surface area contributed by atoms with E-state index in [-0.39, 0.29) is 11.6 Å². The van der Waals surface area contributed by atoms with Gasteiger partial charge in [-0.05, 0) is 18.4 Å². The molecule has 1 aliphatic rings. The third-order valence-electron chi connectivity index (χ3n) is 5.48. The molecule has 1 aromatic carbocycles. The zero-order chi connectivity index (χ0) is 21.1. The Morgan fingerprint density at radius 3 is 2.80 bits per heavy atom. The van der Waals surface area contributed by atoms with E-state index in [9.17, 15) is 4.79 Å². The molecule has 160 valence electrons. The lowest BCUT2D eigenvalue weighted by Crippen LogP contribution is -2.44. The Balaban J connectivity index is 1.82. The van der Waals surface area contributed by atoms with Crippen LogP contribution in [-0.4, -0.2) is 58.5 Å². The number of benzene rings is 1. The molecule has 0 aliphatic carbocycles. The molecule has 9 heteroatoms. The Labute approximate surface area is 175 Å². The predicted molar refractivity (Wildman–Crippen MR) is 118 cm³/mol. The van der Waals surface area contributed by atoms with Crippen molar-refractivity contribution in [3.8, 4) is 0 Å². The van der Waals surface area contributed by atoms with Crippen LogP contribution in [0.4, 0.5) is 11.9 Å². The van der Waals surface area contributed by atoms with E-state index in [4.69, 9.17) is 15.5 Å². The van der Waals surface area contributed by atoms with Crippen LogP contribution in [-0.2, 0) is 18.3 Å². The summed E-state index contributed by atoms with van der Waals surface area (Å²) in [5.74, 6) is 1.23. The first kappa shape index (κ1) is 20.4. The molecule has 3 N–H and O–H groups in total. The average molecular weight is 412 g/mol. The topological polar surface area (TPSA) is 103 Å². The van der Waals surface area contributed by atoms with E-state index in [2.05, 4.69) is 27.3 Å². The molecule has 3 aromatic rings. The number of ether oxygens (including phenoxy) is 1. The van der Waals surface area contributed by atoms with E-state index >= 15 is 0 Å². The van der Waals surface area contributed by atoms with Crippen molar-refractivity contribution < 1.29 is 4.74 Å². The van der Waals surface area contributed by atoms with E-state index in [1.54, 1.807) is 14.2 Å². The number of imidazole rings is 1. The fraction of sp³-hybridized carbons (Fsp3) is 0.476. The number of rotatable bonds is 7. The zero-order valence-corrected chi connectivity index (χ0v) is 17.5. The summed E-state index contributed by atoms with van der Waals surface area (Å²) in [6.45, 7) is 3.21. The van der Waals surface area contributed by atoms with Gasteiger partial charge in [0.15, 0.2) is 11.2 Å². The summed E-state index contributed by atoms with van der Waals surface area (Å²) in [6.07, 6.45) is 2.01. The quantitative estimate of drug-likeness (QED) is 0.563. The molecule has 3 heterocycles. The second-order valence-corrected chi connectivity index (χ2v) is 7.72. The highest BCUT2D eigenvalue weighted by Crippen LogP contribution is 2.24. The molecule has 1 atom stereocenters. The summed E-state index contributed by atoms with van der Waals surface area (Å²) in [7, 11) is 3.36. The highest BCUT2D eigenvalue weighted by Gasteiger charge is 2.25. The van der Waals surface area contributed by atoms with Crippen LogP contribution in [0.5, 0.6) is 0 Å². The summed E-state index contributed by atoms with van der Waals surface area (Å²) in [4.78, 5) is 24.9. The Morgan fingerprint density at radius 2 is 2.07 bits per heavy atom. The largest absolute Gasteiger partial charge is 0.383 e. The van der Waals surface area contributed by atoms with Gasteiger partial charge in [0.05, 0.1) is 13.2 Å². The summed E-state index contributed by atoms with van der Waals surface area (Å²) in [6, 6.07) is 10.2. The van der Waals surface area contributed by atoms with E-state index in [1.165, 1.54) is 4.57 Å². The number of nitrogens with one attached hydrogen (secondary N) is 1. The fourth-order valence-electron chi connectivity index (χ4n) is 3.92. The van der Waals surface area contributed by atoms with Gasteiger partial charge in [0.1, 0.15) is 0 Å². The fourth-order valence-corrected chi connectivity index (χ4v) is 3.92. The van der Waals surface area contributed by atoms with E-state index in [0.717, 1.165) is 37.4 Å². The lowest BCUT2D eigenvalue weighted by molar-refractivity contribution is 0.210. The van der Waals surface area contributed by atoms with Gasteiger partial charge < -0.3 is 20.7 Å². The van der Waals surface area contributed by atoms with E-state index in [1.807, 2.05) is 22.8 Å². The molecular formula is C21H29N7O2. The molecule has 0 saturated carbocycles. The number of hydrogen-bond donors (Lipinski definition) is 2. The van der Waals surface area contributed by atoms with Crippen molar-refractivity contribution in [3.63, 3.8) is 0 Å². The van der Waals surface area contributed by atoms with Gasteiger partial charge in [0.25, 0.3) is 5.56 Å². The molecule has 0 spiro atoms. The number of hydrogen-bond acceptors (Lipinski definition) is 7. The number of methoxy groups -OCH3 is 1. The molecule has 0 bridgehead atoms. The van der Waals surface area contributed by atoms with Gasteiger partial charge in [-0.25, -0.2) is 0 Å². The highest BCUT2D eigenvalue weighted by molar-refractivity contribution is 5.75. The number of aromatic nitrogens is 4. The molecular weight excluding hydrogens is 382 g/mol. The van der Waals surface area contributed by atoms with Gasteiger partial charge in [-0.15, -0.1) is 0 Å². The van der Waals surface area contributed by atoms with Gasteiger partial charge in [-0.1, -0.05) is 30.3 Å². The van der Waals surface area contributed by atoms with Crippen LogP contribution in [0, 0.1) is 0 Å². The minimum Gasteiger partial charge on any atom is -0.383 e. The molecule has 1 aliphatic heterocycles. The molecule has 0 radical (unpaired) electrons. The SMILES string of the molecule is COCCNc1nc2nc(N3CCCC(N)C3)n(Cc3ccccc3)c2c(=O)n1C. The minimum absolute atomic E-state index is 0.103. The highest BCUT2D eigenvalue weighted by atomic mass is 16.5. The molecule has 30 heavy (non-hydrogen) atoms. The molecule has 9 nitrogen and oxygen atoms in total. The third-order valence-corrected chi connectivity index (χ3v) is 5.48. The lowest BCUT2D eigenvalue weighted by Gasteiger charge is -2.31. The van der Waals surface area contributed by atoms with Crippen molar-refractivity contribution in [3.05, 3.63) is 46.2 Å². The second-order valence-electron chi connectivity index (χ2n) is 7.72. The Hall–Kier alpha value is -2.91. The van der Waals surface area contributed by atoms with Gasteiger partial charge >= 0.3 is 0 Å². The number of piperidine rings is 1. The Bertz CT molecular complexity index is 1060. The number of nitrogens with two attached hydrogens (primary N) is 1. The standard InChI is InChI=1S/C21H29N7O2/c1-26-19(29)17-18(24-20(26)23-10-12-30-2)25-21(27-11-6-9-16(22)14-27)28(17)13-15-7-4-3-5-8-15/h3-5,7-8,16H,6,9-14,22H2,1-2H3,(H,23,24). The minimum atomic E-state index is -0.129. The smallest absolute Gasteiger partial charge is 0.281 e. The molecule has 1 fully saturated rings. The number of nitrogens with zero attached hydrogens (tertiary/aromatic N) is 5. The van der Waals surface area contributed by atoms with Crippen molar-refractivity contribution in [1.82, 2.24) is 19.1 Å². The van der Waals surface area contributed by atoms with Crippen LogP contribution in [0.2, 0.25) is 0 Å². The maximum absolute atomic E-state index is 13.3. The van der Waals surface area contributed by atoms with Gasteiger partial charge in [0.2, 0.25) is 11.9 Å². The normalized spacial score (nSPS) is 16.9. The monoisotopic (exact) mass is 411 g/mol. The first-order valence-electron chi connectivity index (χ1n) is 10.3. The second kappa shape index (κ2) is 8.85. The van der Waals surface area contributed by atoms with Crippen LogP contribution in [0.3, 0.4) is 0 Å². The first-order valence-corrected chi connectivity index (χ1v) is 10.3. The summed E-state index contributed by atoms with van der Waals surface area (Å²) < 4.78 is 8.60. The van der Waals surface area contributed by atoms with Crippen molar-refractivity contribution >= 4 is 23.1 Å². The van der Waals surface area contributed by atoms with Gasteiger partial charge in [0, 0.05) is 39.8 Å². The first-order chi connectivity index (χ1) is 14.6. The zero-order valence-electron chi connectivity index (χ0n) is 17.5. The van der Waals surface area contributed by atoms with Crippen molar-refractivity contribution in [1.29, 1.82) is 0 Å². The van der Waals surface area contributed by atoms with Crippen LogP contribution in [0.25, 0.3) is 11.2 Å². The molecule has 1 unspecified atom stereocenters. The van der Waals surface area contributed by atoms with Crippen LogP contribution >= 0.6 is 0 Å². The maximum Gasteiger partial charge on any atom is 0.281 e. The van der Waals surface area contributed by atoms with Gasteiger partial charge in [-0.3, -0.25) is 13.9 Å². The molecule has 1 saturated heterocycles. The summed E-state index contributed by atoms with van der Waals surface area (Å²) in [5, 5.41) is 3.16. The van der Waals surface area contributed by atoms with Crippen LogP contribution in [0.1, 0.15) is 18.4 Å². The number of anilines is 2. The summed E-state index contributed by atoms with van der Waals surface area (Å²) in [5.41, 5.74) is 8.15. The van der Waals surface area contributed by atoms with Crippen molar-refractivity contribution in [2.24, 2.45) is 12.8 Å².